The molecule has 1 fully saturated rings. The van der Waals surface area contributed by atoms with E-state index < -0.39 is 12.0 Å². The van der Waals surface area contributed by atoms with Crippen molar-refractivity contribution in [1.82, 2.24) is 5.32 Å². The van der Waals surface area contributed by atoms with Gasteiger partial charge in [0.2, 0.25) is 5.91 Å². The highest BCUT2D eigenvalue weighted by atomic mass is 16.4. The summed E-state index contributed by atoms with van der Waals surface area (Å²) in [7, 11) is 0. The Labute approximate surface area is 125 Å². The van der Waals surface area contributed by atoms with Crippen LogP contribution in [0.4, 0.5) is 0 Å². The number of rotatable bonds is 5. The van der Waals surface area contributed by atoms with E-state index >= 15 is 0 Å². The normalized spacial score (nSPS) is 23.3. The van der Waals surface area contributed by atoms with Gasteiger partial charge < -0.3 is 15.2 Å². The van der Waals surface area contributed by atoms with Gasteiger partial charge in [0, 0.05) is 5.92 Å². The minimum atomic E-state index is -1.23. The summed E-state index contributed by atoms with van der Waals surface area (Å²) in [5.41, 5.74) is 0.879. The molecule has 0 bridgehead atoms. The Kier molecular flexibility index (Phi) is 5.37. The van der Waals surface area contributed by atoms with Crippen LogP contribution in [0.2, 0.25) is 0 Å². The molecule has 0 saturated heterocycles. The van der Waals surface area contributed by atoms with Crippen LogP contribution in [0.25, 0.3) is 0 Å². The lowest BCUT2D eigenvalue weighted by Crippen LogP contribution is -2.51. The summed E-state index contributed by atoms with van der Waals surface area (Å²) >= 11 is 0. The standard InChI is InChI=1S/C17H23NO3/c1-12-7-9-14(10-8-12)16(19)18-15(17(20)21)11-13-5-3-2-4-6-13/h2-6,12,14-15H,7-11H2,1H3,(H,18,19)(H,20,21)/p-1/t12?,14?,15-/m1/s1. The van der Waals surface area contributed by atoms with Crippen molar-refractivity contribution in [2.75, 3.05) is 0 Å². The molecule has 0 spiro atoms. The van der Waals surface area contributed by atoms with Crippen LogP contribution < -0.4 is 10.4 Å². The Balaban J connectivity index is 1.93. The minimum absolute atomic E-state index is 0.0566. The number of hydrogen-bond acceptors (Lipinski definition) is 3. The van der Waals surface area contributed by atoms with Gasteiger partial charge in [0.05, 0.1) is 12.0 Å². The minimum Gasteiger partial charge on any atom is -0.548 e. The SMILES string of the molecule is CC1CCC(C(=O)N[C@H](Cc2ccccc2)C(=O)[O-])CC1. The second-order valence-corrected chi connectivity index (χ2v) is 6.03. The van der Waals surface area contributed by atoms with Crippen molar-refractivity contribution >= 4 is 11.9 Å². The molecule has 0 unspecified atom stereocenters. The molecule has 0 aliphatic heterocycles. The Hall–Kier alpha value is -1.84. The molecule has 0 aromatic heterocycles. The first kappa shape index (κ1) is 15.5. The molecular weight excluding hydrogens is 266 g/mol. The Morgan fingerprint density at radius 2 is 1.81 bits per heavy atom. The maximum Gasteiger partial charge on any atom is 0.223 e. The number of hydrogen-bond donors (Lipinski definition) is 1. The van der Waals surface area contributed by atoms with Crippen LogP contribution in [0.15, 0.2) is 30.3 Å². The van der Waals surface area contributed by atoms with Crippen molar-refractivity contribution < 1.29 is 14.7 Å². The van der Waals surface area contributed by atoms with E-state index in [4.69, 9.17) is 0 Å². The highest BCUT2D eigenvalue weighted by Crippen LogP contribution is 2.28. The lowest BCUT2D eigenvalue weighted by atomic mass is 9.82. The lowest BCUT2D eigenvalue weighted by molar-refractivity contribution is -0.308. The first-order valence-corrected chi connectivity index (χ1v) is 7.61. The molecule has 0 radical (unpaired) electrons. The molecule has 21 heavy (non-hydrogen) atoms. The first-order valence-electron chi connectivity index (χ1n) is 7.61. The molecule has 114 valence electrons. The Morgan fingerprint density at radius 1 is 1.19 bits per heavy atom. The second-order valence-electron chi connectivity index (χ2n) is 6.03. The molecule has 1 aromatic carbocycles. The number of amides is 1. The molecule has 1 N–H and O–H groups in total. The fourth-order valence-electron chi connectivity index (χ4n) is 2.85. The number of benzene rings is 1. The molecule has 1 aromatic rings. The molecule has 1 aliphatic rings. The van der Waals surface area contributed by atoms with E-state index in [1.54, 1.807) is 0 Å². The Morgan fingerprint density at radius 3 is 2.38 bits per heavy atom. The molecule has 1 amide bonds. The summed E-state index contributed by atoms with van der Waals surface area (Å²) in [5, 5.41) is 13.9. The summed E-state index contributed by atoms with van der Waals surface area (Å²) in [6.07, 6.45) is 4.02. The van der Waals surface area contributed by atoms with Gasteiger partial charge in [-0.1, -0.05) is 37.3 Å². The molecule has 4 nitrogen and oxygen atoms in total. The molecule has 1 saturated carbocycles. The van der Waals surface area contributed by atoms with Crippen LogP contribution in [0.3, 0.4) is 0 Å². The average molecular weight is 288 g/mol. The zero-order valence-corrected chi connectivity index (χ0v) is 12.4. The summed E-state index contributed by atoms with van der Waals surface area (Å²) in [5.74, 6) is -0.766. The molecule has 0 heterocycles. The number of carboxylic acid groups (broad SMARTS) is 1. The number of carbonyl (C=O) groups excluding carboxylic acids is 2. The van der Waals surface area contributed by atoms with Crippen molar-refractivity contribution in [2.45, 2.75) is 45.1 Å². The third-order valence-electron chi connectivity index (χ3n) is 4.27. The molecule has 1 aliphatic carbocycles. The molecule has 1 atom stereocenters. The quantitative estimate of drug-likeness (QED) is 0.887. The van der Waals surface area contributed by atoms with Crippen molar-refractivity contribution in [1.29, 1.82) is 0 Å². The molecule has 2 rings (SSSR count). The van der Waals surface area contributed by atoms with Crippen molar-refractivity contribution in [2.24, 2.45) is 11.8 Å². The van der Waals surface area contributed by atoms with Crippen molar-refractivity contribution in [3.8, 4) is 0 Å². The maximum absolute atomic E-state index is 12.2. The van der Waals surface area contributed by atoms with E-state index in [0.717, 1.165) is 31.2 Å². The fraction of sp³-hybridized carbons (Fsp3) is 0.529. The van der Waals surface area contributed by atoms with Crippen molar-refractivity contribution in [3.05, 3.63) is 35.9 Å². The summed E-state index contributed by atoms with van der Waals surface area (Å²) in [4.78, 5) is 23.5. The summed E-state index contributed by atoms with van der Waals surface area (Å²) in [6.45, 7) is 2.19. The van der Waals surface area contributed by atoms with Gasteiger partial charge in [-0.15, -0.1) is 0 Å². The second kappa shape index (κ2) is 7.25. The Bertz CT molecular complexity index is 478. The third-order valence-corrected chi connectivity index (χ3v) is 4.27. The van der Waals surface area contributed by atoms with Gasteiger partial charge in [-0.2, -0.15) is 0 Å². The van der Waals surface area contributed by atoms with E-state index in [0.29, 0.717) is 5.92 Å². The van der Waals surface area contributed by atoms with E-state index in [1.165, 1.54) is 0 Å². The first-order chi connectivity index (χ1) is 10.1. The zero-order chi connectivity index (χ0) is 15.2. The average Bonchev–Trinajstić information content (AvgIpc) is 2.48. The van der Waals surface area contributed by atoms with Gasteiger partial charge in [0.1, 0.15) is 0 Å². The summed E-state index contributed by atoms with van der Waals surface area (Å²) in [6, 6.07) is 8.32. The molecular formula is C17H22NO3-. The number of carboxylic acids is 1. The topological polar surface area (TPSA) is 69.2 Å². The van der Waals surface area contributed by atoms with Gasteiger partial charge in [-0.25, -0.2) is 0 Å². The highest BCUT2D eigenvalue weighted by molar-refractivity contribution is 5.84. The number of carbonyl (C=O) groups is 2. The largest absolute Gasteiger partial charge is 0.548 e. The highest BCUT2D eigenvalue weighted by Gasteiger charge is 2.26. The lowest BCUT2D eigenvalue weighted by Gasteiger charge is -2.28. The van der Waals surface area contributed by atoms with Gasteiger partial charge in [-0.3, -0.25) is 4.79 Å². The predicted molar refractivity (Wildman–Crippen MR) is 78.2 cm³/mol. The van der Waals surface area contributed by atoms with Crippen LogP contribution in [0.1, 0.15) is 38.2 Å². The van der Waals surface area contributed by atoms with E-state index in [9.17, 15) is 14.7 Å². The molecule has 4 heteroatoms. The number of aliphatic carboxylic acids is 1. The van der Waals surface area contributed by atoms with Crippen molar-refractivity contribution in [3.63, 3.8) is 0 Å². The monoisotopic (exact) mass is 288 g/mol. The van der Waals surface area contributed by atoms with Crippen LogP contribution in [0, 0.1) is 11.8 Å². The predicted octanol–water partition coefficient (Wildman–Crippen LogP) is 1.29. The zero-order valence-electron chi connectivity index (χ0n) is 12.4. The van der Waals surface area contributed by atoms with Crippen LogP contribution in [-0.4, -0.2) is 17.9 Å². The third kappa shape index (κ3) is 4.59. The van der Waals surface area contributed by atoms with Gasteiger partial charge in [0.25, 0.3) is 0 Å². The van der Waals surface area contributed by atoms with E-state index in [2.05, 4.69) is 12.2 Å². The maximum atomic E-state index is 12.2. The van der Waals surface area contributed by atoms with Crippen LogP contribution >= 0.6 is 0 Å². The van der Waals surface area contributed by atoms with Gasteiger partial charge >= 0.3 is 0 Å². The fourth-order valence-corrected chi connectivity index (χ4v) is 2.85. The summed E-state index contributed by atoms with van der Waals surface area (Å²) < 4.78 is 0. The van der Waals surface area contributed by atoms with E-state index in [-0.39, 0.29) is 18.2 Å². The smallest absolute Gasteiger partial charge is 0.223 e. The van der Waals surface area contributed by atoms with E-state index in [1.807, 2.05) is 30.3 Å². The van der Waals surface area contributed by atoms with Gasteiger partial charge in [-0.05, 0) is 43.6 Å². The van der Waals surface area contributed by atoms with Gasteiger partial charge in [0.15, 0.2) is 0 Å². The van der Waals surface area contributed by atoms with Crippen LogP contribution in [-0.2, 0) is 16.0 Å². The number of nitrogens with one attached hydrogen (secondary N) is 1. The van der Waals surface area contributed by atoms with Crippen LogP contribution in [0.5, 0.6) is 0 Å².